The Kier molecular flexibility index (Phi) is 49.3. The van der Waals surface area contributed by atoms with Crippen LogP contribution in [0, 0.1) is 11.1 Å². The fourth-order valence-corrected chi connectivity index (χ4v) is 3.38. The van der Waals surface area contributed by atoms with Crippen molar-refractivity contribution in [2.24, 2.45) is 0 Å². The molecule has 0 amide bonds. The van der Waals surface area contributed by atoms with Crippen molar-refractivity contribution in [3.8, 4) is 11.1 Å². The summed E-state index contributed by atoms with van der Waals surface area (Å²) in [6.45, 7) is 31.8. The number of rotatable bonds is 0. The predicted octanol–water partition coefficient (Wildman–Crippen LogP) is 1.15. The van der Waals surface area contributed by atoms with Crippen LogP contribution in [-0.2, 0) is 36.2 Å². The summed E-state index contributed by atoms with van der Waals surface area (Å²) >= 11 is 0. The molecule has 7 heteroatoms. The molecule has 0 aliphatic rings. The maximum absolute atomic E-state index is 7.50. The summed E-state index contributed by atoms with van der Waals surface area (Å²) in [6, 6.07) is 0. The van der Waals surface area contributed by atoms with E-state index in [-0.39, 0.29) is 17.1 Å². The SMILES string of the molecule is C[Si](C)(C)C#C[Si](C)(C)C.[C]=O.[C]=O.[C]=O.[C]=O.[Fe]. The molecule has 0 atom stereocenters. The van der Waals surface area contributed by atoms with Crippen molar-refractivity contribution >= 4 is 43.3 Å². The van der Waals surface area contributed by atoms with Gasteiger partial charge in [-0.15, -0.1) is 11.1 Å². The Balaban J connectivity index is -0.0000000401. The van der Waals surface area contributed by atoms with Crippen molar-refractivity contribution in [1.29, 1.82) is 0 Å². The minimum atomic E-state index is -1.09. The van der Waals surface area contributed by atoms with Crippen LogP contribution in [0.1, 0.15) is 0 Å². The Labute approximate surface area is 130 Å². The van der Waals surface area contributed by atoms with E-state index in [4.69, 9.17) is 19.2 Å². The molecule has 0 aromatic rings. The molecular weight excluding hydrogens is 320 g/mol. The molecule has 0 saturated carbocycles. The van der Waals surface area contributed by atoms with E-state index in [9.17, 15) is 0 Å². The van der Waals surface area contributed by atoms with Gasteiger partial charge < -0.3 is 0 Å². The van der Waals surface area contributed by atoms with Gasteiger partial charge in [0, 0.05) is 17.1 Å². The van der Waals surface area contributed by atoms with E-state index in [0.717, 1.165) is 0 Å². The molecule has 0 aliphatic carbocycles. The van der Waals surface area contributed by atoms with Crippen LogP contribution in [0.25, 0.3) is 0 Å². The summed E-state index contributed by atoms with van der Waals surface area (Å²) in [6.07, 6.45) is 0. The van der Waals surface area contributed by atoms with Crippen molar-refractivity contribution in [1.82, 2.24) is 0 Å². The van der Waals surface area contributed by atoms with Crippen molar-refractivity contribution in [2.45, 2.75) is 39.3 Å². The summed E-state index contributed by atoms with van der Waals surface area (Å²) in [5.41, 5.74) is 6.82. The average Bonchev–Trinajstić information content (AvgIpc) is 2.35. The first-order valence-corrected chi connectivity index (χ1v) is 11.6. The molecule has 0 saturated heterocycles. The van der Waals surface area contributed by atoms with Gasteiger partial charge in [-0.25, -0.2) is 0 Å². The second-order valence-electron chi connectivity index (χ2n) is 4.75. The summed E-state index contributed by atoms with van der Waals surface area (Å²) in [5, 5.41) is 0. The molecule has 106 valence electrons. The Morgan fingerprint density at radius 1 is 0.526 bits per heavy atom. The van der Waals surface area contributed by atoms with Gasteiger partial charge in [0.15, 0.2) is 0 Å². The Hall–Kier alpha value is -0.807. The van der Waals surface area contributed by atoms with E-state index in [1.807, 2.05) is 0 Å². The van der Waals surface area contributed by atoms with Gasteiger partial charge in [-0.2, -0.15) is 0 Å². The first kappa shape index (κ1) is 36.2. The van der Waals surface area contributed by atoms with Crippen LogP contribution >= 0.6 is 0 Å². The van der Waals surface area contributed by atoms with Crippen LogP contribution in [0.15, 0.2) is 0 Å². The molecule has 0 heterocycles. The smallest absolute Gasteiger partial charge is 0.281 e. The van der Waals surface area contributed by atoms with E-state index in [0.29, 0.717) is 0 Å². The first-order valence-electron chi connectivity index (χ1n) is 4.57. The third-order valence-corrected chi connectivity index (χ3v) is 2.81. The number of hydrogen-bond donors (Lipinski definition) is 0. The van der Waals surface area contributed by atoms with Crippen molar-refractivity contribution < 1.29 is 36.2 Å². The zero-order valence-electron chi connectivity index (χ0n) is 12.0. The van der Waals surface area contributed by atoms with Crippen LogP contribution in [0.5, 0.6) is 0 Å². The van der Waals surface area contributed by atoms with Gasteiger partial charge in [0.05, 0.1) is 0 Å². The van der Waals surface area contributed by atoms with E-state index in [1.54, 1.807) is 0 Å². The Morgan fingerprint density at radius 2 is 0.632 bits per heavy atom. The Bertz CT molecular complexity index is 201. The summed E-state index contributed by atoms with van der Waals surface area (Å²) < 4.78 is 0. The predicted molar refractivity (Wildman–Crippen MR) is 77.2 cm³/mol. The number of hydrogen-bond acceptors (Lipinski definition) is 4. The molecule has 0 N–H and O–H groups in total. The summed E-state index contributed by atoms with van der Waals surface area (Å²) in [4.78, 5) is 30.0. The molecule has 0 rings (SSSR count). The Morgan fingerprint density at radius 3 is 0.684 bits per heavy atom. The molecule has 0 aromatic heterocycles. The van der Waals surface area contributed by atoms with E-state index < -0.39 is 16.1 Å². The van der Waals surface area contributed by atoms with Gasteiger partial charge in [0.25, 0.3) is 27.2 Å². The van der Waals surface area contributed by atoms with Gasteiger partial charge in [-0.1, -0.05) is 39.3 Å². The van der Waals surface area contributed by atoms with Crippen LogP contribution in [-0.4, -0.2) is 43.3 Å². The van der Waals surface area contributed by atoms with E-state index in [2.05, 4.69) is 77.5 Å². The molecule has 0 aliphatic heterocycles. The van der Waals surface area contributed by atoms with Crippen molar-refractivity contribution in [2.75, 3.05) is 0 Å². The average molecular weight is 338 g/mol. The van der Waals surface area contributed by atoms with Gasteiger partial charge in [-0.3, -0.25) is 19.2 Å². The van der Waals surface area contributed by atoms with Crippen molar-refractivity contribution in [3.63, 3.8) is 0 Å². The second-order valence-corrected chi connectivity index (χ2v) is 14.2. The van der Waals surface area contributed by atoms with Gasteiger partial charge in [0.1, 0.15) is 16.1 Å². The first-order chi connectivity index (χ1) is 8.21. The van der Waals surface area contributed by atoms with Crippen LogP contribution in [0.2, 0.25) is 39.3 Å². The minimum Gasteiger partial charge on any atom is -0.281 e. The molecule has 0 unspecified atom stereocenters. The minimum absolute atomic E-state index is 0. The fourth-order valence-electron chi connectivity index (χ4n) is 0.375. The number of carbonyl (C=O) groups excluding carboxylic acids is 4. The molecule has 19 heavy (non-hydrogen) atoms. The maximum Gasteiger partial charge on any atom is 0.281 e. The van der Waals surface area contributed by atoms with Gasteiger partial charge in [0.2, 0.25) is 0 Å². The van der Waals surface area contributed by atoms with E-state index in [1.165, 1.54) is 0 Å². The van der Waals surface area contributed by atoms with Crippen LogP contribution in [0.3, 0.4) is 0 Å². The molecular formula is C12H18FeO4Si2. The van der Waals surface area contributed by atoms with Gasteiger partial charge >= 0.3 is 0 Å². The fraction of sp³-hybridized carbons (Fsp3) is 0.500. The maximum atomic E-state index is 7.50. The normalized spacial score (nSPS) is 7.26. The molecule has 0 aromatic carbocycles. The van der Waals surface area contributed by atoms with Crippen molar-refractivity contribution in [3.05, 3.63) is 0 Å². The van der Waals surface area contributed by atoms with Crippen LogP contribution in [0.4, 0.5) is 0 Å². The third kappa shape index (κ3) is 103. The van der Waals surface area contributed by atoms with Crippen LogP contribution < -0.4 is 0 Å². The monoisotopic (exact) mass is 338 g/mol. The molecule has 0 bridgehead atoms. The zero-order valence-corrected chi connectivity index (χ0v) is 15.1. The summed E-state index contributed by atoms with van der Waals surface area (Å²) in [5.74, 6) is 0. The topological polar surface area (TPSA) is 68.3 Å². The second kappa shape index (κ2) is 25.9. The third-order valence-electron chi connectivity index (χ3n) is 0.812. The van der Waals surface area contributed by atoms with Gasteiger partial charge in [-0.05, 0) is 0 Å². The molecule has 8 radical (unpaired) electrons. The van der Waals surface area contributed by atoms with E-state index >= 15 is 0 Å². The largest absolute Gasteiger partial charge is 0.281 e. The molecule has 0 fully saturated rings. The molecule has 4 nitrogen and oxygen atoms in total. The standard InChI is InChI=1S/C8H18Si2.4CO.Fe/c1-9(2,3)7-8-10(4,5)6;4*1-2;/h1-6H3;;;;;. The molecule has 0 spiro atoms. The quantitative estimate of drug-likeness (QED) is 0.491. The summed E-state index contributed by atoms with van der Waals surface area (Å²) in [7, 11) is -2.19. The zero-order chi connectivity index (χ0) is 16.4.